The van der Waals surface area contributed by atoms with Crippen LogP contribution in [0.2, 0.25) is 5.28 Å². The van der Waals surface area contributed by atoms with E-state index in [0.29, 0.717) is 0 Å². The molecule has 0 amide bonds. The third-order valence-corrected chi connectivity index (χ3v) is 3.90. The molecule has 1 aromatic carbocycles. The number of hydrogen-bond acceptors (Lipinski definition) is 4. The van der Waals surface area contributed by atoms with Gasteiger partial charge in [0.2, 0.25) is 5.28 Å². The number of anilines is 2. The monoisotopic (exact) mass is 289 g/mol. The van der Waals surface area contributed by atoms with Crippen LogP contribution in [0, 0.1) is 0 Å². The smallest absolute Gasteiger partial charge is 0.225 e. The lowest BCUT2D eigenvalue weighted by Gasteiger charge is -2.07. The second kappa shape index (κ2) is 5.15. The van der Waals surface area contributed by atoms with Crippen LogP contribution in [-0.2, 0) is 6.42 Å². The molecule has 3 nitrogen and oxygen atoms in total. The number of hydrogen-bond donors (Lipinski definition) is 1. The molecule has 0 spiro atoms. The average Bonchev–Trinajstić information content (AvgIpc) is 2.88. The van der Waals surface area contributed by atoms with E-state index in [2.05, 4.69) is 34.3 Å². The molecule has 0 fully saturated rings. The number of aromatic nitrogens is 2. The molecular formula is C14H12ClN3S. The van der Waals surface area contributed by atoms with Crippen molar-refractivity contribution in [3.8, 4) is 0 Å². The van der Waals surface area contributed by atoms with Crippen LogP contribution in [0.25, 0.3) is 10.2 Å². The van der Waals surface area contributed by atoms with E-state index in [1.165, 1.54) is 5.56 Å². The summed E-state index contributed by atoms with van der Waals surface area (Å²) in [6.07, 6.45) is 1.04. The highest BCUT2D eigenvalue weighted by molar-refractivity contribution is 7.16. The normalized spacial score (nSPS) is 10.8. The number of nitrogens with one attached hydrogen (secondary N) is 1. The van der Waals surface area contributed by atoms with Gasteiger partial charge >= 0.3 is 0 Å². The summed E-state index contributed by atoms with van der Waals surface area (Å²) in [7, 11) is 0. The van der Waals surface area contributed by atoms with Crippen molar-refractivity contribution in [3.05, 3.63) is 46.6 Å². The molecule has 0 aliphatic rings. The minimum atomic E-state index is 0.266. The van der Waals surface area contributed by atoms with Crippen molar-refractivity contribution in [1.29, 1.82) is 0 Å². The molecule has 96 valence electrons. The van der Waals surface area contributed by atoms with Crippen molar-refractivity contribution in [1.82, 2.24) is 9.97 Å². The zero-order valence-electron chi connectivity index (χ0n) is 10.4. The van der Waals surface area contributed by atoms with Crippen molar-refractivity contribution in [2.75, 3.05) is 5.32 Å². The molecular weight excluding hydrogens is 278 g/mol. The van der Waals surface area contributed by atoms with Gasteiger partial charge in [0.25, 0.3) is 0 Å². The standard InChI is InChI=1S/C14H12ClN3S/c1-2-9-3-5-10(6-4-9)16-12-11-7-8-19-13(11)18-14(15)17-12/h3-8H,2H2,1H3,(H,16,17,18). The second-order valence-corrected chi connectivity index (χ2v) is 5.39. The lowest BCUT2D eigenvalue weighted by molar-refractivity contribution is 1.14. The molecule has 0 atom stereocenters. The largest absolute Gasteiger partial charge is 0.340 e. The van der Waals surface area contributed by atoms with Crippen molar-refractivity contribution < 1.29 is 0 Å². The molecule has 2 aromatic heterocycles. The summed E-state index contributed by atoms with van der Waals surface area (Å²) in [5.41, 5.74) is 2.31. The molecule has 5 heteroatoms. The quantitative estimate of drug-likeness (QED) is 0.713. The Kier molecular flexibility index (Phi) is 3.36. The van der Waals surface area contributed by atoms with Gasteiger partial charge in [-0.2, -0.15) is 4.98 Å². The van der Waals surface area contributed by atoms with E-state index in [9.17, 15) is 0 Å². The van der Waals surface area contributed by atoms with Gasteiger partial charge in [-0.05, 0) is 47.2 Å². The SMILES string of the molecule is CCc1ccc(Nc2nc(Cl)nc3sccc23)cc1. The Morgan fingerprint density at radius 1 is 1.16 bits per heavy atom. The van der Waals surface area contributed by atoms with E-state index in [1.54, 1.807) is 11.3 Å². The van der Waals surface area contributed by atoms with E-state index < -0.39 is 0 Å². The molecule has 3 aromatic rings. The molecule has 0 aliphatic heterocycles. The fraction of sp³-hybridized carbons (Fsp3) is 0.143. The number of nitrogens with zero attached hydrogens (tertiary/aromatic N) is 2. The second-order valence-electron chi connectivity index (χ2n) is 4.16. The van der Waals surface area contributed by atoms with E-state index in [-0.39, 0.29) is 5.28 Å². The molecule has 0 aliphatic carbocycles. The number of aryl methyl sites for hydroxylation is 1. The summed E-state index contributed by atoms with van der Waals surface area (Å²) in [6.45, 7) is 2.14. The maximum absolute atomic E-state index is 5.94. The number of fused-ring (bicyclic) bond motifs is 1. The van der Waals surface area contributed by atoms with E-state index >= 15 is 0 Å². The fourth-order valence-corrected chi connectivity index (χ4v) is 2.87. The number of thiophene rings is 1. The van der Waals surface area contributed by atoms with Crippen LogP contribution in [0.1, 0.15) is 12.5 Å². The first kappa shape index (κ1) is 12.4. The van der Waals surface area contributed by atoms with Gasteiger partial charge in [-0.1, -0.05) is 19.1 Å². The predicted molar refractivity (Wildman–Crippen MR) is 81.5 cm³/mol. The number of rotatable bonds is 3. The highest BCUT2D eigenvalue weighted by Crippen LogP contribution is 2.28. The van der Waals surface area contributed by atoms with Gasteiger partial charge in [-0.25, -0.2) is 4.98 Å². The fourth-order valence-electron chi connectivity index (χ4n) is 1.89. The molecule has 2 heterocycles. The Balaban J connectivity index is 1.97. The Labute approximate surface area is 120 Å². The van der Waals surface area contributed by atoms with Gasteiger partial charge in [0.15, 0.2) is 0 Å². The molecule has 0 unspecified atom stereocenters. The number of benzene rings is 1. The van der Waals surface area contributed by atoms with Crippen molar-refractivity contribution >= 4 is 44.7 Å². The third kappa shape index (κ3) is 2.55. The molecule has 19 heavy (non-hydrogen) atoms. The summed E-state index contributed by atoms with van der Waals surface area (Å²) >= 11 is 7.50. The van der Waals surface area contributed by atoms with Crippen LogP contribution in [0.3, 0.4) is 0 Å². The van der Waals surface area contributed by atoms with Crippen molar-refractivity contribution in [3.63, 3.8) is 0 Å². The molecule has 3 rings (SSSR count). The van der Waals surface area contributed by atoms with Gasteiger partial charge in [0.1, 0.15) is 10.6 Å². The summed E-state index contributed by atoms with van der Waals surface area (Å²) < 4.78 is 0. The highest BCUT2D eigenvalue weighted by atomic mass is 35.5. The summed E-state index contributed by atoms with van der Waals surface area (Å²) in [5.74, 6) is 0.750. The van der Waals surface area contributed by atoms with Crippen LogP contribution in [0.5, 0.6) is 0 Å². The molecule has 0 bridgehead atoms. The van der Waals surface area contributed by atoms with E-state index in [1.807, 2.05) is 23.6 Å². The maximum Gasteiger partial charge on any atom is 0.225 e. The lowest BCUT2D eigenvalue weighted by Crippen LogP contribution is -1.96. The summed E-state index contributed by atoms with van der Waals surface area (Å²) in [5, 5.41) is 6.54. The zero-order chi connectivity index (χ0) is 13.2. The first-order valence-corrected chi connectivity index (χ1v) is 7.28. The lowest BCUT2D eigenvalue weighted by atomic mass is 10.1. The van der Waals surface area contributed by atoms with Crippen LogP contribution < -0.4 is 5.32 Å². The van der Waals surface area contributed by atoms with Crippen molar-refractivity contribution in [2.24, 2.45) is 0 Å². The first-order chi connectivity index (χ1) is 9.26. The van der Waals surface area contributed by atoms with Crippen LogP contribution >= 0.6 is 22.9 Å². The van der Waals surface area contributed by atoms with Gasteiger partial charge in [-0.3, -0.25) is 0 Å². The summed E-state index contributed by atoms with van der Waals surface area (Å²) in [4.78, 5) is 9.36. The Morgan fingerprint density at radius 3 is 2.68 bits per heavy atom. The molecule has 0 saturated heterocycles. The van der Waals surface area contributed by atoms with Gasteiger partial charge < -0.3 is 5.32 Å². The first-order valence-electron chi connectivity index (χ1n) is 6.03. The molecule has 0 saturated carbocycles. The Hall–Kier alpha value is -1.65. The third-order valence-electron chi connectivity index (χ3n) is 2.92. The Bertz CT molecular complexity index is 706. The summed E-state index contributed by atoms with van der Waals surface area (Å²) in [6, 6.07) is 10.3. The molecule has 1 N–H and O–H groups in total. The van der Waals surface area contributed by atoms with Gasteiger partial charge in [-0.15, -0.1) is 11.3 Å². The van der Waals surface area contributed by atoms with Gasteiger partial charge in [0, 0.05) is 5.69 Å². The minimum absolute atomic E-state index is 0.266. The van der Waals surface area contributed by atoms with Crippen molar-refractivity contribution in [2.45, 2.75) is 13.3 Å². The van der Waals surface area contributed by atoms with E-state index in [0.717, 1.165) is 28.1 Å². The van der Waals surface area contributed by atoms with Crippen LogP contribution in [0.15, 0.2) is 35.7 Å². The average molecular weight is 290 g/mol. The number of halogens is 1. The zero-order valence-corrected chi connectivity index (χ0v) is 11.9. The molecule has 0 radical (unpaired) electrons. The topological polar surface area (TPSA) is 37.8 Å². The minimum Gasteiger partial charge on any atom is -0.340 e. The predicted octanol–water partition coefficient (Wildman–Crippen LogP) is 4.65. The Morgan fingerprint density at radius 2 is 1.95 bits per heavy atom. The van der Waals surface area contributed by atoms with E-state index in [4.69, 9.17) is 11.6 Å². The van der Waals surface area contributed by atoms with Crippen LogP contribution in [-0.4, -0.2) is 9.97 Å². The maximum atomic E-state index is 5.94. The highest BCUT2D eigenvalue weighted by Gasteiger charge is 2.07. The van der Waals surface area contributed by atoms with Crippen LogP contribution in [0.4, 0.5) is 11.5 Å². The van der Waals surface area contributed by atoms with Gasteiger partial charge in [0.05, 0.1) is 5.39 Å².